The Morgan fingerprint density at radius 2 is 2.12 bits per heavy atom. The second-order valence-corrected chi connectivity index (χ2v) is 4.39. The number of hydrogen-bond donors (Lipinski definition) is 1. The van der Waals surface area contributed by atoms with Crippen LogP contribution in [0.2, 0.25) is 0 Å². The van der Waals surface area contributed by atoms with Gasteiger partial charge in [0, 0.05) is 0 Å². The summed E-state index contributed by atoms with van der Waals surface area (Å²) in [6.45, 7) is 4.92. The van der Waals surface area contributed by atoms with Gasteiger partial charge in [-0.3, -0.25) is 4.79 Å². The number of carboxylic acid groups (broad SMARTS) is 1. The SMILES string of the molecule is Cc1cc(F)ccc1OCC(C)(C)C(=O)O. The number of aryl methyl sites for hydroxylation is 1. The highest BCUT2D eigenvalue weighted by Crippen LogP contribution is 2.22. The molecular weight excluding hydrogens is 211 g/mol. The lowest BCUT2D eigenvalue weighted by Gasteiger charge is -2.20. The maximum absolute atomic E-state index is 12.8. The lowest BCUT2D eigenvalue weighted by Crippen LogP contribution is -2.30. The van der Waals surface area contributed by atoms with Crippen molar-refractivity contribution in [2.75, 3.05) is 6.61 Å². The molecule has 4 heteroatoms. The van der Waals surface area contributed by atoms with Crippen LogP contribution in [0.25, 0.3) is 0 Å². The van der Waals surface area contributed by atoms with Crippen LogP contribution >= 0.6 is 0 Å². The number of benzene rings is 1. The van der Waals surface area contributed by atoms with E-state index in [1.165, 1.54) is 18.2 Å². The van der Waals surface area contributed by atoms with Crippen LogP contribution in [0.4, 0.5) is 4.39 Å². The van der Waals surface area contributed by atoms with Gasteiger partial charge in [0.25, 0.3) is 0 Å². The minimum Gasteiger partial charge on any atom is -0.492 e. The molecule has 0 aliphatic heterocycles. The summed E-state index contributed by atoms with van der Waals surface area (Å²) in [7, 11) is 0. The Hall–Kier alpha value is -1.58. The van der Waals surface area contributed by atoms with Crippen LogP contribution in [-0.4, -0.2) is 17.7 Å². The fourth-order valence-electron chi connectivity index (χ4n) is 1.09. The molecule has 0 spiro atoms. The molecule has 0 saturated heterocycles. The van der Waals surface area contributed by atoms with Crippen molar-refractivity contribution in [1.29, 1.82) is 0 Å². The maximum Gasteiger partial charge on any atom is 0.312 e. The summed E-state index contributed by atoms with van der Waals surface area (Å²) < 4.78 is 18.2. The highest BCUT2D eigenvalue weighted by molar-refractivity contribution is 5.73. The zero-order valence-corrected chi connectivity index (χ0v) is 9.58. The summed E-state index contributed by atoms with van der Waals surface area (Å²) in [4.78, 5) is 10.8. The van der Waals surface area contributed by atoms with Gasteiger partial charge in [0.1, 0.15) is 18.2 Å². The third-order valence-electron chi connectivity index (χ3n) is 2.30. The van der Waals surface area contributed by atoms with Crippen LogP contribution < -0.4 is 4.74 Å². The van der Waals surface area contributed by atoms with E-state index in [9.17, 15) is 9.18 Å². The van der Waals surface area contributed by atoms with Crippen LogP contribution in [0.15, 0.2) is 18.2 Å². The Kier molecular flexibility index (Phi) is 3.52. The largest absolute Gasteiger partial charge is 0.492 e. The fraction of sp³-hybridized carbons (Fsp3) is 0.417. The molecule has 0 aliphatic rings. The van der Waals surface area contributed by atoms with Crippen molar-refractivity contribution in [2.24, 2.45) is 5.41 Å². The molecule has 1 N–H and O–H groups in total. The third kappa shape index (κ3) is 2.95. The van der Waals surface area contributed by atoms with E-state index in [1.54, 1.807) is 20.8 Å². The van der Waals surface area contributed by atoms with Crippen LogP contribution in [-0.2, 0) is 4.79 Å². The van der Waals surface area contributed by atoms with Gasteiger partial charge in [-0.1, -0.05) is 0 Å². The zero-order valence-electron chi connectivity index (χ0n) is 9.58. The lowest BCUT2D eigenvalue weighted by atomic mass is 9.95. The highest BCUT2D eigenvalue weighted by atomic mass is 19.1. The number of aliphatic carboxylic acids is 1. The van der Waals surface area contributed by atoms with E-state index in [0.717, 1.165) is 0 Å². The van der Waals surface area contributed by atoms with Gasteiger partial charge in [-0.15, -0.1) is 0 Å². The molecule has 1 rings (SSSR count). The standard InChI is InChI=1S/C12H15FO3/c1-8-6-9(13)4-5-10(8)16-7-12(2,3)11(14)15/h4-6H,7H2,1-3H3,(H,14,15). The quantitative estimate of drug-likeness (QED) is 0.858. The molecule has 0 aromatic heterocycles. The van der Waals surface area contributed by atoms with Crippen LogP contribution in [0.1, 0.15) is 19.4 Å². The topological polar surface area (TPSA) is 46.5 Å². The Labute approximate surface area is 93.9 Å². The van der Waals surface area contributed by atoms with Crippen LogP contribution in [0, 0.1) is 18.2 Å². The van der Waals surface area contributed by atoms with Gasteiger partial charge in [-0.2, -0.15) is 0 Å². The van der Waals surface area contributed by atoms with Gasteiger partial charge in [-0.25, -0.2) is 4.39 Å². The number of hydrogen-bond acceptors (Lipinski definition) is 2. The molecule has 1 aromatic carbocycles. The molecule has 1 aromatic rings. The van der Waals surface area contributed by atoms with Crippen LogP contribution in [0.3, 0.4) is 0 Å². The van der Waals surface area contributed by atoms with Gasteiger partial charge in [-0.05, 0) is 44.5 Å². The van der Waals surface area contributed by atoms with E-state index >= 15 is 0 Å². The molecule has 88 valence electrons. The van der Waals surface area contributed by atoms with Crippen LogP contribution in [0.5, 0.6) is 5.75 Å². The number of carbonyl (C=O) groups is 1. The molecular formula is C12H15FO3. The van der Waals surface area contributed by atoms with Crippen molar-refractivity contribution in [3.8, 4) is 5.75 Å². The molecule has 3 nitrogen and oxygen atoms in total. The van der Waals surface area contributed by atoms with Crippen molar-refractivity contribution in [1.82, 2.24) is 0 Å². The minimum atomic E-state index is -0.958. The van der Waals surface area contributed by atoms with Crippen molar-refractivity contribution in [3.05, 3.63) is 29.6 Å². The van der Waals surface area contributed by atoms with Gasteiger partial charge in [0.2, 0.25) is 0 Å². The first kappa shape index (κ1) is 12.5. The second-order valence-electron chi connectivity index (χ2n) is 4.39. The van der Waals surface area contributed by atoms with E-state index < -0.39 is 11.4 Å². The Morgan fingerprint density at radius 3 is 2.62 bits per heavy atom. The predicted octanol–water partition coefficient (Wildman–Crippen LogP) is 2.62. The van der Waals surface area contributed by atoms with E-state index in [1.807, 2.05) is 0 Å². The normalized spacial score (nSPS) is 11.2. The van der Waals surface area contributed by atoms with Gasteiger partial charge >= 0.3 is 5.97 Å². The lowest BCUT2D eigenvalue weighted by molar-refractivity contribution is -0.148. The zero-order chi connectivity index (χ0) is 12.3. The Morgan fingerprint density at radius 1 is 1.50 bits per heavy atom. The van der Waals surface area contributed by atoms with Gasteiger partial charge < -0.3 is 9.84 Å². The average Bonchev–Trinajstić information content (AvgIpc) is 2.16. The first-order chi connectivity index (χ1) is 7.33. The maximum atomic E-state index is 12.8. The van der Waals surface area contributed by atoms with Crippen molar-refractivity contribution < 1.29 is 19.0 Å². The second kappa shape index (κ2) is 4.51. The molecule has 0 amide bonds. The molecule has 0 heterocycles. The van der Waals surface area contributed by atoms with E-state index in [-0.39, 0.29) is 12.4 Å². The summed E-state index contributed by atoms with van der Waals surface area (Å²) in [5.74, 6) is -0.745. The average molecular weight is 226 g/mol. The smallest absolute Gasteiger partial charge is 0.312 e. The molecule has 0 radical (unpaired) electrons. The summed E-state index contributed by atoms with van der Waals surface area (Å²) in [6.07, 6.45) is 0. The van der Waals surface area contributed by atoms with E-state index in [2.05, 4.69) is 0 Å². The number of rotatable bonds is 4. The molecule has 0 aliphatic carbocycles. The Balaban J connectivity index is 2.72. The third-order valence-corrected chi connectivity index (χ3v) is 2.30. The van der Waals surface area contributed by atoms with Gasteiger partial charge in [0.15, 0.2) is 0 Å². The first-order valence-corrected chi connectivity index (χ1v) is 4.95. The fourth-order valence-corrected chi connectivity index (χ4v) is 1.09. The summed E-state index contributed by atoms with van der Waals surface area (Å²) in [5.41, 5.74) is -0.304. The Bertz CT molecular complexity index is 399. The number of ether oxygens (including phenoxy) is 1. The molecule has 16 heavy (non-hydrogen) atoms. The highest BCUT2D eigenvalue weighted by Gasteiger charge is 2.28. The van der Waals surface area contributed by atoms with Crippen molar-refractivity contribution in [3.63, 3.8) is 0 Å². The molecule has 0 saturated carbocycles. The minimum absolute atomic E-state index is 0.0504. The van der Waals surface area contributed by atoms with E-state index in [0.29, 0.717) is 11.3 Å². The summed E-state index contributed by atoms with van der Waals surface area (Å²) in [5, 5.41) is 8.89. The molecule has 0 fully saturated rings. The van der Waals surface area contributed by atoms with Crippen molar-refractivity contribution in [2.45, 2.75) is 20.8 Å². The summed E-state index contributed by atoms with van der Waals surface area (Å²) in [6, 6.07) is 4.14. The number of carboxylic acids is 1. The first-order valence-electron chi connectivity index (χ1n) is 4.95. The molecule has 0 unspecified atom stereocenters. The molecule has 0 atom stereocenters. The van der Waals surface area contributed by atoms with Crippen molar-refractivity contribution >= 4 is 5.97 Å². The van der Waals surface area contributed by atoms with Gasteiger partial charge in [0.05, 0.1) is 5.41 Å². The number of halogens is 1. The predicted molar refractivity (Wildman–Crippen MR) is 58.0 cm³/mol. The monoisotopic (exact) mass is 226 g/mol. The van der Waals surface area contributed by atoms with E-state index in [4.69, 9.17) is 9.84 Å². The summed E-state index contributed by atoms with van der Waals surface area (Å²) >= 11 is 0. The molecule has 0 bridgehead atoms.